The molecule has 1 aromatic carbocycles. The third-order valence-electron chi connectivity index (χ3n) is 2.68. The zero-order valence-corrected chi connectivity index (χ0v) is 10.3. The lowest BCUT2D eigenvalue weighted by Crippen LogP contribution is -2.16. The maximum absolute atomic E-state index is 11.6. The van der Waals surface area contributed by atoms with Gasteiger partial charge in [-0.25, -0.2) is 4.79 Å². The summed E-state index contributed by atoms with van der Waals surface area (Å²) in [6.45, 7) is 2.57. The van der Waals surface area contributed by atoms with Crippen LogP contribution in [0.3, 0.4) is 0 Å². The van der Waals surface area contributed by atoms with E-state index < -0.39 is 5.97 Å². The van der Waals surface area contributed by atoms with E-state index >= 15 is 0 Å². The van der Waals surface area contributed by atoms with Crippen LogP contribution in [0.15, 0.2) is 24.3 Å². The Hall–Kier alpha value is -1.88. The highest BCUT2D eigenvalue weighted by Gasteiger charge is 2.07. The molecule has 0 saturated carbocycles. The molecule has 5 nitrogen and oxygen atoms in total. The van der Waals surface area contributed by atoms with Crippen molar-refractivity contribution in [3.63, 3.8) is 0 Å². The number of anilines is 1. The molecule has 4 N–H and O–H groups in total. The van der Waals surface area contributed by atoms with Crippen LogP contribution >= 0.6 is 0 Å². The zero-order valence-electron chi connectivity index (χ0n) is 10.3. The van der Waals surface area contributed by atoms with Crippen molar-refractivity contribution in [2.75, 3.05) is 11.9 Å². The number of nitrogens with two attached hydrogens (primary N) is 1. The van der Waals surface area contributed by atoms with Crippen LogP contribution in [0.4, 0.5) is 5.69 Å². The molecule has 0 radical (unpaired) electrons. The maximum atomic E-state index is 11.6. The van der Waals surface area contributed by atoms with E-state index in [2.05, 4.69) is 5.32 Å². The first-order valence-corrected chi connectivity index (χ1v) is 5.86. The molecule has 1 aromatic rings. The number of benzene rings is 1. The second-order valence-corrected chi connectivity index (χ2v) is 4.31. The monoisotopic (exact) mass is 250 g/mol. The first-order valence-electron chi connectivity index (χ1n) is 5.86. The molecule has 0 fully saturated rings. The van der Waals surface area contributed by atoms with Gasteiger partial charge in [-0.1, -0.05) is 6.92 Å². The SMILES string of the molecule is CC(CN)CCC(=O)Nc1ccc(C(=O)O)cc1. The fourth-order valence-electron chi connectivity index (χ4n) is 1.41. The van der Waals surface area contributed by atoms with Gasteiger partial charge in [0.15, 0.2) is 0 Å². The normalized spacial score (nSPS) is 11.9. The minimum absolute atomic E-state index is 0.0848. The summed E-state index contributed by atoms with van der Waals surface area (Å²) in [6.07, 6.45) is 1.16. The van der Waals surface area contributed by atoms with E-state index in [1.807, 2.05) is 6.92 Å². The molecule has 1 rings (SSSR count). The van der Waals surface area contributed by atoms with Crippen LogP contribution in [0.25, 0.3) is 0 Å². The molecular weight excluding hydrogens is 232 g/mol. The van der Waals surface area contributed by atoms with Gasteiger partial charge in [0.05, 0.1) is 5.56 Å². The number of amides is 1. The number of rotatable bonds is 6. The highest BCUT2D eigenvalue weighted by Crippen LogP contribution is 2.11. The van der Waals surface area contributed by atoms with Gasteiger partial charge < -0.3 is 16.2 Å². The Balaban J connectivity index is 2.47. The van der Waals surface area contributed by atoms with Gasteiger partial charge in [-0.05, 0) is 43.1 Å². The average Bonchev–Trinajstić information content (AvgIpc) is 2.36. The van der Waals surface area contributed by atoms with Crippen LogP contribution in [-0.4, -0.2) is 23.5 Å². The number of hydrogen-bond donors (Lipinski definition) is 3. The molecule has 0 aromatic heterocycles. The van der Waals surface area contributed by atoms with Gasteiger partial charge in [0.2, 0.25) is 5.91 Å². The summed E-state index contributed by atoms with van der Waals surface area (Å²) < 4.78 is 0. The molecular formula is C13H18N2O3. The molecule has 1 atom stereocenters. The molecule has 0 aliphatic heterocycles. The van der Waals surface area contributed by atoms with Crippen molar-refractivity contribution in [2.45, 2.75) is 19.8 Å². The lowest BCUT2D eigenvalue weighted by atomic mass is 10.1. The first kappa shape index (κ1) is 14.2. The summed E-state index contributed by atoms with van der Waals surface area (Å²) in [5, 5.41) is 11.4. The van der Waals surface area contributed by atoms with Gasteiger partial charge in [-0.3, -0.25) is 4.79 Å². The van der Waals surface area contributed by atoms with Gasteiger partial charge in [-0.2, -0.15) is 0 Å². The standard InChI is InChI=1S/C13H18N2O3/c1-9(8-14)2-7-12(16)15-11-5-3-10(4-6-11)13(17)18/h3-6,9H,2,7-8,14H2,1H3,(H,15,16)(H,17,18). The first-order chi connectivity index (χ1) is 8.52. The fraction of sp³-hybridized carbons (Fsp3) is 0.385. The molecule has 0 spiro atoms. The van der Waals surface area contributed by atoms with Gasteiger partial charge in [-0.15, -0.1) is 0 Å². The second kappa shape index (κ2) is 6.76. The Morgan fingerprint density at radius 1 is 1.33 bits per heavy atom. The molecule has 18 heavy (non-hydrogen) atoms. The van der Waals surface area contributed by atoms with Gasteiger partial charge >= 0.3 is 5.97 Å². The largest absolute Gasteiger partial charge is 0.478 e. The minimum atomic E-state index is -0.982. The Bertz CT molecular complexity index is 415. The van der Waals surface area contributed by atoms with Crippen molar-refractivity contribution in [1.29, 1.82) is 0 Å². The maximum Gasteiger partial charge on any atom is 0.335 e. The highest BCUT2D eigenvalue weighted by atomic mass is 16.4. The number of aromatic carboxylic acids is 1. The van der Waals surface area contributed by atoms with E-state index in [1.165, 1.54) is 12.1 Å². The van der Waals surface area contributed by atoms with Crippen LogP contribution in [0, 0.1) is 5.92 Å². The van der Waals surface area contributed by atoms with Crippen molar-refractivity contribution in [3.05, 3.63) is 29.8 Å². The number of carboxylic acid groups (broad SMARTS) is 1. The number of carboxylic acids is 1. The van der Waals surface area contributed by atoms with Crippen LogP contribution in [-0.2, 0) is 4.79 Å². The van der Waals surface area contributed by atoms with Gasteiger partial charge in [0, 0.05) is 12.1 Å². The van der Waals surface area contributed by atoms with E-state index in [9.17, 15) is 9.59 Å². The van der Waals surface area contributed by atoms with E-state index in [4.69, 9.17) is 10.8 Å². The summed E-state index contributed by atoms with van der Waals surface area (Å²) in [5.74, 6) is -0.742. The third-order valence-corrected chi connectivity index (χ3v) is 2.68. The van der Waals surface area contributed by atoms with Crippen LogP contribution in [0.5, 0.6) is 0 Å². The molecule has 1 unspecified atom stereocenters. The summed E-state index contributed by atoms with van der Waals surface area (Å²) in [7, 11) is 0. The molecule has 0 aliphatic carbocycles. The Morgan fingerprint density at radius 2 is 1.94 bits per heavy atom. The predicted octanol–water partition coefficient (Wildman–Crippen LogP) is 1.70. The van der Waals surface area contributed by atoms with Crippen LogP contribution in [0.1, 0.15) is 30.1 Å². The lowest BCUT2D eigenvalue weighted by Gasteiger charge is -2.08. The van der Waals surface area contributed by atoms with Crippen molar-refractivity contribution in [2.24, 2.45) is 11.7 Å². The quantitative estimate of drug-likeness (QED) is 0.716. The van der Waals surface area contributed by atoms with E-state index in [-0.39, 0.29) is 11.5 Å². The number of nitrogens with one attached hydrogen (secondary N) is 1. The van der Waals surface area contributed by atoms with Crippen molar-refractivity contribution in [3.8, 4) is 0 Å². The van der Waals surface area contributed by atoms with Crippen LogP contribution < -0.4 is 11.1 Å². The molecule has 5 heteroatoms. The fourth-order valence-corrected chi connectivity index (χ4v) is 1.41. The number of hydrogen-bond acceptors (Lipinski definition) is 3. The summed E-state index contributed by atoms with van der Waals surface area (Å²) in [5.41, 5.74) is 6.27. The predicted molar refractivity (Wildman–Crippen MR) is 69.5 cm³/mol. The summed E-state index contributed by atoms with van der Waals surface area (Å²) in [6, 6.07) is 6.07. The van der Waals surface area contributed by atoms with Crippen LogP contribution in [0.2, 0.25) is 0 Å². The average molecular weight is 250 g/mol. The van der Waals surface area contributed by atoms with E-state index in [0.29, 0.717) is 24.6 Å². The Morgan fingerprint density at radius 3 is 2.44 bits per heavy atom. The van der Waals surface area contributed by atoms with Crippen molar-refractivity contribution in [1.82, 2.24) is 0 Å². The molecule has 0 heterocycles. The summed E-state index contributed by atoms with van der Waals surface area (Å²) in [4.78, 5) is 22.2. The number of carbonyl (C=O) groups is 2. The summed E-state index contributed by atoms with van der Waals surface area (Å²) >= 11 is 0. The Kier molecular flexibility index (Phi) is 5.32. The van der Waals surface area contributed by atoms with E-state index in [1.54, 1.807) is 12.1 Å². The van der Waals surface area contributed by atoms with Crippen molar-refractivity contribution < 1.29 is 14.7 Å². The minimum Gasteiger partial charge on any atom is -0.478 e. The lowest BCUT2D eigenvalue weighted by molar-refractivity contribution is -0.116. The molecule has 0 bridgehead atoms. The van der Waals surface area contributed by atoms with Gasteiger partial charge in [0.1, 0.15) is 0 Å². The highest BCUT2D eigenvalue weighted by molar-refractivity contribution is 5.92. The topological polar surface area (TPSA) is 92.4 Å². The number of carbonyl (C=O) groups excluding carboxylic acids is 1. The second-order valence-electron chi connectivity index (χ2n) is 4.31. The molecule has 1 amide bonds. The molecule has 0 saturated heterocycles. The van der Waals surface area contributed by atoms with Crippen molar-refractivity contribution >= 4 is 17.6 Å². The molecule has 0 aliphatic rings. The zero-order chi connectivity index (χ0) is 13.5. The van der Waals surface area contributed by atoms with Gasteiger partial charge in [0.25, 0.3) is 0 Å². The smallest absolute Gasteiger partial charge is 0.335 e. The van der Waals surface area contributed by atoms with E-state index in [0.717, 1.165) is 6.42 Å². The Labute approximate surface area is 106 Å². The third kappa shape index (κ3) is 4.55. The molecule has 98 valence electrons.